The molecule has 3 nitrogen and oxygen atoms in total. The van der Waals surface area contributed by atoms with E-state index in [1.807, 2.05) is 0 Å². The number of aliphatic hydroxyl groups excluding tert-OH is 1. The van der Waals surface area contributed by atoms with Crippen molar-refractivity contribution in [2.45, 2.75) is 13.3 Å². The fraction of sp³-hybridized carbons (Fsp3) is 0.400. The average Bonchev–Trinajstić information content (AvgIpc) is 1.87. The quantitative estimate of drug-likeness (QED) is 0.480. The van der Waals surface area contributed by atoms with E-state index in [2.05, 4.69) is 4.74 Å². The summed E-state index contributed by atoms with van der Waals surface area (Å²) in [5.74, 6) is -0.467. The fourth-order valence-corrected chi connectivity index (χ4v) is 0.293. The van der Waals surface area contributed by atoms with Crippen molar-refractivity contribution >= 4 is 17.6 Å². The lowest BCUT2D eigenvalue weighted by molar-refractivity contribution is -0.138. The Morgan fingerprint density at radius 3 is 2.78 bits per heavy atom. The molecule has 0 saturated heterocycles. The van der Waals surface area contributed by atoms with Crippen molar-refractivity contribution in [3.05, 3.63) is 11.5 Å². The molecule has 0 aromatic heterocycles. The summed E-state index contributed by atoms with van der Waals surface area (Å²) in [6.07, 6.45) is 0.763. The minimum absolute atomic E-state index is 0.240. The lowest BCUT2D eigenvalue weighted by Gasteiger charge is -1.95. The van der Waals surface area contributed by atoms with Gasteiger partial charge in [-0.2, -0.15) is 0 Å². The van der Waals surface area contributed by atoms with Crippen molar-refractivity contribution in [2.24, 2.45) is 0 Å². The first-order valence-corrected chi connectivity index (χ1v) is 2.79. The van der Waals surface area contributed by atoms with Gasteiger partial charge in [0.25, 0.3) is 0 Å². The van der Waals surface area contributed by atoms with E-state index in [1.165, 1.54) is 0 Å². The number of rotatable bonds is 2. The minimum atomic E-state index is -0.467. The van der Waals surface area contributed by atoms with Crippen molar-refractivity contribution in [1.29, 1.82) is 0 Å². The second-order valence-corrected chi connectivity index (χ2v) is 1.63. The summed E-state index contributed by atoms with van der Waals surface area (Å²) in [6, 6.07) is 0. The number of ether oxygens (including phenoxy) is 1. The molecule has 1 N–H and O–H groups in total. The molecule has 0 atom stereocenters. The summed E-state index contributed by atoms with van der Waals surface area (Å²) >= 11 is 5.11. The third-order valence-electron chi connectivity index (χ3n) is 0.602. The summed E-state index contributed by atoms with van der Waals surface area (Å²) in [5, 5.41) is 7.80. The molecule has 0 fully saturated rings. The zero-order valence-corrected chi connectivity index (χ0v) is 5.68. The molecule has 52 valence electrons. The summed E-state index contributed by atoms with van der Waals surface area (Å²) in [6.45, 7) is 1.63. The van der Waals surface area contributed by atoms with Crippen LogP contribution in [0.2, 0.25) is 0 Å². The normalized spacial score (nSPS) is 11.1. The highest BCUT2D eigenvalue weighted by molar-refractivity contribution is 6.28. The molecular formula is C5H7ClO3. The van der Waals surface area contributed by atoms with Crippen LogP contribution in [-0.4, -0.2) is 11.1 Å². The van der Waals surface area contributed by atoms with Crippen molar-refractivity contribution in [3.63, 3.8) is 0 Å². The van der Waals surface area contributed by atoms with Gasteiger partial charge in [-0.1, -0.05) is 6.92 Å². The number of carbonyl (C=O) groups is 1. The maximum atomic E-state index is 10.3. The van der Waals surface area contributed by atoms with E-state index in [4.69, 9.17) is 16.7 Å². The predicted molar refractivity (Wildman–Crippen MR) is 32.9 cm³/mol. The lowest BCUT2D eigenvalue weighted by Crippen LogP contribution is -1.98. The monoisotopic (exact) mass is 150 g/mol. The first kappa shape index (κ1) is 8.30. The number of hydrogen-bond donors (Lipinski definition) is 1. The van der Waals surface area contributed by atoms with Gasteiger partial charge < -0.3 is 9.84 Å². The van der Waals surface area contributed by atoms with Gasteiger partial charge in [0.2, 0.25) is 5.22 Å². The highest BCUT2D eigenvalue weighted by Gasteiger charge is 1.99. The Morgan fingerprint density at radius 2 is 2.44 bits per heavy atom. The maximum absolute atomic E-state index is 10.3. The molecule has 0 radical (unpaired) electrons. The first-order chi connectivity index (χ1) is 4.20. The number of halogens is 1. The predicted octanol–water partition coefficient (Wildman–Crippen LogP) is 1.54. The zero-order chi connectivity index (χ0) is 7.28. The van der Waals surface area contributed by atoms with E-state index in [0.29, 0.717) is 6.26 Å². The summed E-state index contributed by atoms with van der Waals surface area (Å²) in [4.78, 5) is 10.3. The Morgan fingerprint density at radius 1 is 1.89 bits per heavy atom. The maximum Gasteiger partial charge on any atom is 0.311 e. The van der Waals surface area contributed by atoms with Gasteiger partial charge >= 0.3 is 5.97 Å². The molecule has 0 amide bonds. The highest BCUT2D eigenvalue weighted by atomic mass is 35.5. The second kappa shape index (κ2) is 4.21. The van der Waals surface area contributed by atoms with Crippen LogP contribution in [0.4, 0.5) is 0 Å². The van der Waals surface area contributed by atoms with Gasteiger partial charge in [0, 0.05) is 6.42 Å². The van der Waals surface area contributed by atoms with Crippen LogP contribution in [0.5, 0.6) is 0 Å². The van der Waals surface area contributed by atoms with E-state index in [1.54, 1.807) is 6.92 Å². The second-order valence-electron chi connectivity index (χ2n) is 1.26. The van der Waals surface area contributed by atoms with E-state index in [-0.39, 0.29) is 11.6 Å². The van der Waals surface area contributed by atoms with E-state index >= 15 is 0 Å². The molecule has 4 heteroatoms. The molecule has 0 heterocycles. The van der Waals surface area contributed by atoms with Crippen LogP contribution in [0.15, 0.2) is 11.5 Å². The standard InChI is InChI=1S/C5H7ClO3/c1-2-5(8)9-4(6)3-7/h3,7H,2H2,1H3/b4-3-. The Kier molecular flexibility index (Phi) is 3.88. The largest absolute Gasteiger partial charge is 0.511 e. The molecule has 0 aromatic rings. The third kappa shape index (κ3) is 3.85. The molecule has 0 bridgehead atoms. The van der Waals surface area contributed by atoms with Crippen molar-refractivity contribution < 1.29 is 14.6 Å². The smallest absolute Gasteiger partial charge is 0.311 e. The van der Waals surface area contributed by atoms with Gasteiger partial charge in [0.15, 0.2) is 0 Å². The molecular weight excluding hydrogens is 144 g/mol. The Labute approximate surface area is 57.9 Å². The molecule has 0 aliphatic carbocycles. The van der Waals surface area contributed by atoms with Crippen molar-refractivity contribution in [2.75, 3.05) is 0 Å². The highest BCUT2D eigenvalue weighted by Crippen LogP contribution is 2.02. The lowest BCUT2D eigenvalue weighted by atomic mass is 10.5. The summed E-state index contributed by atoms with van der Waals surface area (Å²) in [7, 11) is 0. The molecule has 0 saturated carbocycles. The SMILES string of the molecule is CCC(=O)O/C(Cl)=C\O. The Hall–Kier alpha value is -0.700. The number of esters is 1. The molecule has 0 aliphatic rings. The molecule has 0 unspecified atom stereocenters. The molecule has 0 aromatic carbocycles. The first-order valence-electron chi connectivity index (χ1n) is 2.41. The number of hydrogen-bond acceptors (Lipinski definition) is 3. The fourth-order valence-electron chi connectivity index (χ4n) is 0.207. The van der Waals surface area contributed by atoms with Gasteiger partial charge in [-0.25, -0.2) is 0 Å². The zero-order valence-electron chi connectivity index (χ0n) is 4.93. The van der Waals surface area contributed by atoms with E-state index in [9.17, 15) is 4.79 Å². The van der Waals surface area contributed by atoms with Gasteiger partial charge in [0.05, 0.1) is 0 Å². The topological polar surface area (TPSA) is 46.5 Å². The van der Waals surface area contributed by atoms with Crippen LogP contribution in [0.25, 0.3) is 0 Å². The van der Waals surface area contributed by atoms with E-state index < -0.39 is 5.97 Å². The minimum Gasteiger partial charge on any atom is -0.511 e. The van der Waals surface area contributed by atoms with Crippen molar-refractivity contribution in [3.8, 4) is 0 Å². The Balaban J connectivity index is 3.60. The van der Waals surface area contributed by atoms with Crippen LogP contribution in [0.1, 0.15) is 13.3 Å². The Bertz CT molecular complexity index is 130. The molecule has 0 aliphatic heterocycles. The molecule has 9 heavy (non-hydrogen) atoms. The van der Waals surface area contributed by atoms with Crippen molar-refractivity contribution in [1.82, 2.24) is 0 Å². The van der Waals surface area contributed by atoms with Crippen LogP contribution >= 0.6 is 11.6 Å². The van der Waals surface area contributed by atoms with Gasteiger partial charge in [-0.3, -0.25) is 4.79 Å². The van der Waals surface area contributed by atoms with Crippen LogP contribution in [0.3, 0.4) is 0 Å². The van der Waals surface area contributed by atoms with E-state index in [0.717, 1.165) is 0 Å². The van der Waals surface area contributed by atoms with Gasteiger partial charge in [0.1, 0.15) is 6.26 Å². The molecule has 0 rings (SSSR count). The number of carbonyl (C=O) groups excluding carboxylic acids is 1. The average molecular weight is 151 g/mol. The van der Waals surface area contributed by atoms with Gasteiger partial charge in [-0.05, 0) is 11.6 Å². The summed E-state index contributed by atoms with van der Waals surface area (Å²) in [5.41, 5.74) is 0. The molecule has 0 spiro atoms. The van der Waals surface area contributed by atoms with Crippen LogP contribution in [-0.2, 0) is 9.53 Å². The summed E-state index contributed by atoms with van der Waals surface area (Å²) < 4.78 is 4.29. The van der Waals surface area contributed by atoms with Crippen LogP contribution in [0, 0.1) is 0 Å². The number of aliphatic hydroxyl groups is 1. The van der Waals surface area contributed by atoms with Crippen LogP contribution < -0.4 is 0 Å². The third-order valence-corrected chi connectivity index (χ3v) is 0.776. The van der Waals surface area contributed by atoms with Gasteiger partial charge in [-0.15, -0.1) is 0 Å².